The van der Waals surface area contributed by atoms with E-state index >= 15 is 0 Å². The quantitative estimate of drug-likeness (QED) is 0.614. The molecule has 0 saturated carbocycles. The molecule has 104 valence electrons. The number of aryl methyl sites for hydroxylation is 2. The zero-order valence-corrected chi connectivity index (χ0v) is 12.7. The summed E-state index contributed by atoms with van der Waals surface area (Å²) in [5, 5.41) is 0. The Kier molecular flexibility index (Phi) is 3.57. The van der Waals surface area contributed by atoms with Gasteiger partial charge in [0.05, 0.1) is 0 Å². The summed E-state index contributed by atoms with van der Waals surface area (Å²) in [5.74, 6) is 0. The van der Waals surface area contributed by atoms with Crippen LogP contribution in [0.5, 0.6) is 0 Å². The van der Waals surface area contributed by atoms with E-state index in [9.17, 15) is 0 Å². The molecule has 0 fully saturated rings. The average molecular weight is 273 g/mol. The molecule has 0 N–H and O–H groups in total. The highest BCUT2D eigenvalue weighted by atomic mass is 14.6. The molecule has 0 radical (unpaired) electrons. The van der Waals surface area contributed by atoms with Crippen LogP contribution in [0.4, 0.5) is 0 Å². The lowest BCUT2D eigenvalue weighted by atomic mass is 9.90. The van der Waals surface area contributed by atoms with Crippen molar-refractivity contribution in [1.29, 1.82) is 0 Å². The Morgan fingerprint density at radius 3 is 1.95 bits per heavy atom. The maximum atomic E-state index is 4.28. The minimum Gasteiger partial charge on any atom is -0.264 e. The van der Waals surface area contributed by atoms with Gasteiger partial charge in [-0.3, -0.25) is 4.98 Å². The van der Waals surface area contributed by atoms with Gasteiger partial charge in [-0.15, -0.1) is 0 Å². The van der Waals surface area contributed by atoms with Crippen LogP contribution in [-0.4, -0.2) is 4.98 Å². The second-order valence-electron chi connectivity index (χ2n) is 5.48. The van der Waals surface area contributed by atoms with Gasteiger partial charge < -0.3 is 0 Å². The Morgan fingerprint density at radius 1 is 0.619 bits per heavy atom. The molecule has 0 amide bonds. The predicted molar refractivity (Wildman–Crippen MR) is 89.3 cm³/mol. The van der Waals surface area contributed by atoms with Crippen LogP contribution in [0.3, 0.4) is 0 Å². The van der Waals surface area contributed by atoms with Gasteiger partial charge in [0.2, 0.25) is 0 Å². The molecule has 0 atom stereocenters. The maximum Gasteiger partial charge on any atom is 0.0349 e. The van der Waals surface area contributed by atoms with E-state index in [0.29, 0.717) is 0 Å². The van der Waals surface area contributed by atoms with E-state index in [4.69, 9.17) is 0 Å². The van der Waals surface area contributed by atoms with E-state index in [0.717, 1.165) is 0 Å². The van der Waals surface area contributed by atoms with Crippen LogP contribution in [0.2, 0.25) is 0 Å². The number of hydrogen-bond acceptors (Lipinski definition) is 1. The first-order valence-corrected chi connectivity index (χ1v) is 7.25. The molecule has 21 heavy (non-hydrogen) atoms. The monoisotopic (exact) mass is 273 g/mol. The fourth-order valence-electron chi connectivity index (χ4n) is 2.84. The Bertz CT molecular complexity index is 724. The molecule has 2 aromatic carbocycles. The Balaban J connectivity index is 2.21. The van der Waals surface area contributed by atoms with Crippen molar-refractivity contribution < 1.29 is 0 Å². The molecule has 0 aliphatic heterocycles. The van der Waals surface area contributed by atoms with Gasteiger partial charge in [0, 0.05) is 18.0 Å². The Labute approximate surface area is 126 Å². The van der Waals surface area contributed by atoms with Crippen LogP contribution in [0.1, 0.15) is 16.7 Å². The minimum absolute atomic E-state index is 1.21. The first kappa shape index (κ1) is 13.6. The normalized spacial score (nSPS) is 10.6. The number of hydrogen-bond donors (Lipinski definition) is 0. The summed E-state index contributed by atoms with van der Waals surface area (Å²) in [6, 6.07) is 17.1. The molecule has 1 aromatic heterocycles. The zero-order chi connectivity index (χ0) is 14.8. The van der Waals surface area contributed by atoms with Gasteiger partial charge >= 0.3 is 0 Å². The molecule has 3 rings (SSSR count). The van der Waals surface area contributed by atoms with Crippen LogP contribution in [0.25, 0.3) is 22.3 Å². The zero-order valence-electron chi connectivity index (χ0n) is 12.7. The third kappa shape index (κ3) is 2.47. The Morgan fingerprint density at radius 2 is 1.24 bits per heavy atom. The fourth-order valence-corrected chi connectivity index (χ4v) is 2.84. The highest BCUT2D eigenvalue weighted by molar-refractivity contribution is 5.80. The second-order valence-corrected chi connectivity index (χ2v) is 5.48. The van der Waals surface area contributed by atoms with E-state index in [2.05, 4.69) is 74.3 Å². The highest BCUT2D eigenvalue weighted by Gasteiger charge is 2.10. The van der Waals surface area contributed by atoms with Gasteiger partial charge in [-0.2, -0.15) is 0 Å². The third-order valence-corrected chi connectivity index (χ3v) is 4.10. The summed E-state index contributed by atoms with van der Waals surface area (Å²) in [6.45, 7) is 6.50. The molecule has 0 aliphatic carbocycles. The van der Waals surface area contributed by atoms with Crippen molar-refractivity contribution in [3.05, 3.63) is 77.6 Å². The molecule has 0 bridgehead atoms. The van der Waals surface area contributed by atoms with E-state index < -0.39 is 0 Å². The number of nitrogens with zero attached hydrogens (tertiary/aromatic N) is 1. The molecular weight excluding hydrogens is 254 g/mol. The molecule has 0 saturated heterocycles. The van der Waals surface area contributed by atoms with Crippen molar-refractivity contribution in [2.75, 3.05) is 0 Å². The van der Waals surface area contributed by atoms with E-state index in [1.165, 1.54) is 38.9 Å². The second kappa shape index (κ2) is 5.53. The van der Waals surface area contributed by atoms with Crippen LogP contribution < -0.4 is 0 Å². The molecule has 1 nitrogen and oxygen atoms in total. The lowest BCUT2D eigenvalue weighted by molar-refractivity contribution is 1.28. The molecular formula is C20H19N. The topological polar surface area (TPSA) is 12.9 Å². The van der Waals surface area contributed by atoms with Crippen LogP contribution in [0.15, 0.2) is 60.9 Å². The number of aromatic nitrogens is 1. The molecule has 0 aliphatic rings. The number of pyridine rings is 1. The van der Waals surface area contributed by atoms with Gasteiger partial charge in [-0.1, -0.05) is 42.5 Å². The van der Waals surface area contributed by atoms with Gasteiger partial charge in [-0.25, -0.2) is 0 Å². The van der Waals surface area contributed by atoms with Crippen molar-refractivity contribution in [3.8, 4) is 22.3 Å². The van der Waals surface area contributed by atoms with Gasteiger partial charge in [0.15, 0.2) is 0 Å². The first-order chi connectivity index (χ1) is 10.2. The largest absolute Gasteiger partial charge is 0.264 e. The van der Waals surface area contributed by atoms with Crippen molar-refractivity contribution in [2.45, 2.75) is 20.8 Å². The van der Waals surface area contributed by atoms with E-state index in [1.54, 1.807) is 0 Å². The van der Waals surface area contributed by atoms with Gasteiger partial charge in [-0.05, 0) is 60.2 Å². The van der Waals surface area contributed by atoms with Crippen molar-refractivity contribution in [2.24, 2.45) is 0 Å². The maximum absolute atomic E-state index is 4.28. The summed E-state index contributed by atoms with van der Waals surface area (Å²) < 4.78 is 0. The molecule has 1 heteroatoms. The van der Waals surface area contributed by atoms with Gasteiger partial charge in [0.25, 0.3) is 0 Å². The lowest BCUT2D eigenvalue weighted by Crippen LogP contribution is -1.92. The van der Waals surface area contributed by atoms with Crippen LogP contribution in [0, 0.1) is 20.8 Å². The molecule has 3 aromatic rings. The minimum atomic E-state index is 1.21. The summed E-state index contributed by atoms with van der Waals surface area (Å²) in [5.41, 5.74) is 8.96. The average Bonchev–Trinajstić information content (AvgIpc) is 2.49. The highest BCUT2D eigenvalue weighted by Crippen LogP contribution is 2.33. The molecule has 0 unspecified atom stereocenters. The smallest absolute Gasteiger partial charge is 0.0349 e. The number of benzene rings is 2. The van der Waals surface area contributed by atoms with E-state index in [-0.39, 0.29) is 0 Å². The van der Waals surface area contributed by atoms with Crippen molar-refractivity contribution in [1.82, 2.24) is 4.98 Å². The van der Waals surface area contributed by atoms with Gasteiger partial charge in [0.1, 0.15) is 0 Å². The van der Waals surface area contributed by atoms with Crippen molar-refractivity contribution in [3.63, 3.8) is 0 Å². The third-order valence-electron chi connectivity index (χ3n) is 4.10. The number of rotatable bonds is 2. The summed E-state index contributed by atoms with van der Waals surface area (Å²) in [4.78, 5) is 4.28. The summed E-state index contributed by atoms with van der Waals surface area (Å²) in [7, 11) is 0. The summed E-state index contributed by atoms with van der Waals surface area (Å²) >= 11 is 0. The fraction of sp³-hybridized carbons (Fsp3) is 0.150. The predicted octanol–water partition coefficient (Wildman–Crippen LogP) is 5.34. The molecule has 1 heterocycles. The lowest BCUT2D eigenvalue weighted by Gasteiger charge is -2.14. The SMILES string of the molecule is Cc1ccccc1-c1cccc(-c2cnccc2C)c1C. The van der Waals surface area contributed by atoms with Crippen LogP contribution >= 0.6 is 0 Å². The van der Waals surface area contributed by atoms with Crippen LogP contribution in [-0.2, 0) is 0 Å². The van der Waals surface area contributed by atoms with Crippen molar-refractivity contribution >= 4 is 0 Å². The van der Waals surface area contributed by atoms with E-state index in [1.807, 2.05) is 12.4 Å². The molecule has 0 spiro atoms. The summed E-state index contributed by atoms with van der Waals surface area (Å²) in [6.07, 6.45) is 3.80. The first-order valence-electron chi connectivity index (χ1n) is 7.25. The Hall–Kier alpha value is -2.41. The standard InChI is InChI=1S/C20H19N/c1-14-7-4-5-8-17(14)18-9-6-10-19(16(18)3)20-13-21-12-11-15(20)2/h4-13H,1-3H3.